The number of rotatable bonds is 5. The van der Waals surface area contributed by atoms with Gasteiger partial charge < -0.3 is 15.6 Å². The van der Waals surface area contributed by atoms with Crippen molar-refractivity contribution in [1.82, 2.24) is 9.97 Å². The van der Waals surface area contributed by atoms with E-state index in [0.717, 1.165) is 39.6 Å². The van der Waals surface area contributed by atoms with Gasteiger partial charge in [0.2, 0.25) is 5.91 Å². The van der Waals surface area contributed by atoms with Crippen LogP contribution < -0.4 is 10.2 Å². The van der Waals surface area contributed by atoms with E-state index < -0.39 is 0 Å². The lowest BCUT2D eigenvalue weighted by molar-refractivity contribution is -0.116. The molecule has 3 aromatic rings. The number of benzene rings is 1. The summed E-state index contributed by atoms with van der Waals surface area (Å²) in [6.45, 7) is 3.45. The number of hydrogen-bond acceptors (Lipinski definition) is 5. The molecule has 0 saturated carbocycles. The van der Waals surface area contributed by atoms with E-state index in [2.05, 4.69) is 15.3 Å². The Bertz CT molecular complexity index is 999. The second-order valence-corrected chi connectivity index (χ2v) is 6.25. The zero-order valence-corrected chi connectivity index (χ0v) is 15.5. The largest absolute Gasteiger partial charge is 0.340 e. The van der Waals surface area contributed by atoms with Crippen LogP contribution in [-0.4, -0.2) is 29.1 Å². The van der Waals surface area contributed by atoms with E-state index in [9.17, 15) is 4.79 Å². The zero-order valence-electron chi connectivity index (χ0n) is 15.5. The average Bonchev–Trinajstić information content (AvgIpc) is 2.67. The molecule has 0 aliphatic carbocycles. The van der Waals surface area contributed by atoms with Crippen LogP contribution in [-0.2, 0) is 4.79 Å². The maximum absolute atomic E-state index is 11.6. The van der Waals surface area contributed by atoms with Gasteiger partial charge in [0, 0.05) is 48.9 Å². The molecular formula is C21H21N5O. The SMILES string of the molecule is CC(=O)N(C)c1cncc(-c2ccc(C=N)c(Nc3cccc(C)n3)c2)c1. The van der Waals surface area contributed by atoms with E-state index >= 15 is 0 Å². The molecule has 136 valence electrons. The maximum Gasteiger partial charge on any atom is 0.223 e. The molecule has 1 amide bonds. The molecule has 0 bridgehead atoms. The lowest BCUT2D eigenvalue weighted by atomic mass is 10.0. The summed E-state index contributed by atoms with van der Waals surface area (Å²) in [7, 11) is 1.72. The standard InChI is InChI=1S/C21H21N5O/c1-14-5-4-6-21(24-14)25-20-10-16(7-8-17(20)11-22)18-9-19(13-23-12-18)26(3)15(2)27/h4-13,22H,1-3H3,(H,24,25). The molecule has 0 unspecified atom stereocenters. The molecule has 0 radical (unpaired) electrons. The molecule has 0 spiro atoms. The van der Waals surface area contributed by atoms with Crippen LogP contribution in [0.3, 0.4) is 0 Å². The number of amides is 1. The molecule has 2 N–H and O–H groups in total. The van der Waals surface area contributed by atoms with Crippen molar-refractivity contribution in [2.75, 3.05) is 17.3 Å². The Morgan fingerprint density at radius 3 is 2.67 bits per heavy atom. The quantitative estimate of drug-likeness (QED) is 0.670. The first-order valence-corrected chi connectivity index (χ1v) is 8.53. The Morgan fingerprint density at radius 1 is 1.15 bits per heavy atom. The number of nitrogens with one attached hydrogen (secondary N) is 2. The average molecular weight is 359 g/mol. The van der Waals surface area contributed by atoms with Crippen LogP contribution in [0, 0.1) is 12.3 Å². The second kappa shape index (κ2) is 7.78. The first-order valence-electron chi connectivity index (χ1n) is 8.53. The summed E-state index contributed by atoms with van der Waals surface area (Å²) in [4.78, 5) is 21.9. The van der Waals surface area contributed by atoms with Gasteiger partial charge in [-0.15, -0.1) is 0 Å². The molecule has 2 heterocycles. The van der Waals surface area contributed by atoms with Gasteiger partial charge in [-0.2, -0.15) is 0 Å². The van der Waals surface area contributed by atoms with Crippen LogP contribution in [0.1, 0.15) is 18.2 Å². The van der Waals surface area contributed by atoms with Gasteiger partial charge in [0.05, 0.1) is 11.9 Å². The molecule has 3 rings (SSSR count). The summed E-state index contributed by atoms with van der Waals surface area (Å²) in [6, 6.07) is 13.4. The fourth-order valence-corrected chi connectivity index (χ4v) is 2.67. The molecule has 0 aliphatic heterocycles. The predicted molar refractivity (Wildman–Crippen MR) is 109 cm³/mol. The molecule has 6 heteroatoms. The first kappa shape index (κ1) is 18.3. The van der Waals surface area contributed by atoms with Crippen molar-refractivity contribution in [1.29, 1.82) is 5.41 Å². The van der Waals surface area contributed by atoms with E-state index in [1.165, 1.54) is 13.1 Å². The fourth-order valence-electron chi connectivity index (χ4n) is 2.67. The van der Waals surface area contributed by atoms with Crippen molar-refractivity contribution in [3.05, 3.63) is 66.1 Å². The number of nitrogens with zero attached hydrogens (tertiary/aromatic N) is 3. The lowest BCUT2D eigenvalue weighted by Gasteiger charge is -2.16. The van der Waals surface area contributed by atoms with E-state index in [4.69, 9.17) is 5.41 Å². The summed E-state index contributed by atoms with van der Waals surface area (Å²) in [5.41, 5.74) is 5.00. The number of carbonyl (C=O) groups is 1. The van der Waals surface area contributed by atoms with Crippen LogP contribution >= 0.6 is 0 Å². The van der Waals surface area contributed by atoms with Gasteiger partial charge in [0.1, 0.15) is 5.82 Å². The number of carbonyl (C=O) groups excluding carboxylic acids is 1. The Kier molecular flexibility index (Phi) is 5.26. The summed E-state index contributed by atoms with van der Waals surface area (Å²) in [5.74, 6) is 0.666. The van der Waals surface area contributed by atoms with Crippen molar-refractivity contribution in [2.45, 2.75) is 13.8 Å². The fraction of sp³-hybridized carbons (Fsp3) is 0.143. The molecule has 0 atom stereocenters. The Balaban J connectivity index is 1.99. The third kappa shape index (κ3) is 4.17. The van der Waals surface area contributed by atoms with Gasteiger partial charge in [-0.05, 0) is 36.8 Å². The summed E-state index contributed by atoms with van der Waals surface area (Å²) < 4.78 is 0. The molecule has 0 saturated heterocycles. The molecule has 1 aromatic carbocycles. The van der Waals surface area contributed by atoms with Crippen LogP contribution in [0.25, 0.3) is 11.1 Å². The Hall–Kier alpha value is -3.54. The Labute approximate surface area is 158 Å². The van der Waals surface area contributed by atoms with Crippen molar-refractivity contribution in [2.24, 2.45) is 0 Å². The number of anilines is 3. The molecule has 0 aliphatic rings. The van der Waals surface area contributed by atoms with Gasteiger partial charge in [0.15, 0.2) is 0 Å². The third-order valence-electron chi connectivity index (χ3n) is 4.28. The highest BCUT2D eigenvalue weighted by Gasteiger charge is 2.10. The van der Waals surface area contributed by atoms with E-state index in [0.29, 0.717) is 0 Å². The number of aryl methyl sites for hydroxylation is 1. The molecule has 0 fully saturated rings. The van der Waals surface area contributed by atoms with Gasteiger partial charge in [-0.1, -0.05) is 18.2 Å². The number of pyridine rings is 2. The summed E-state index contributed by atoms with van der Waals surface area (Å²) >= 11 is 0. The van der Waals surface area contributed by atoms with Gasteiger partial charge in [-0.3, -0.25) is 9.78 Å². The van der Waals surface area contributed by atoms with Gasteiger partial charge in [0.25, 0.3) is 0 Å². The van der Waals surface area contributed by atoms with Crippen LogP contribution in [0.2, 0.25) is 0 Å². The monoisotopic (exact) mass is 359 g/mol. The van der Waals surface area contributed by atoms with Crippen molar-refractivity contribution >= 4 is 29.3 Å². The number of aromatic nitrogens is 2. The first-order chi connectivity index (χ1) is 13.0. The zero-order chi connectivity index (χ0) is 19.4. The second-order valence-electron chi connectivity index (χ2n) is 6.25. The molecular weight excluding hydrogens is 338 g/mol. The van der Waals surface area contributed by atoms with Gasteiger partial charge >= 0.3 is 0 Å². The molecule has 6 nitrogen and oxygen atoms in total. The minimum absolute atomic E-state index is 0.0546. The molecule has 2 aromatic heterocycles. The van der Waals surface area contributed by atoms with Crippen LogP contribution in [0.15, 0.2) is 54.9 Å². The van der Waals surface area contributed by atoms with E-state index in [1.54, 1.807) is 24.3 Å². The van der Waals surface area contributed by atoms with E-state index in [-0.39, 0.29) is 5.91 Å². The summed E-state index contributed by atoms with van der Waals surface area (Å²) in [6.07, 6.45) is 4.72. The lowest BCUT2D eigenvalue weighted by Crippen LogP contribution is -2.22. The van der Waals surface area contributed by atoms with Crippen molar-refractivity contribution in [3.63, 3.8) is 0 Å². The normalized spacial score (nSPS) is 10.3. The minimum atomic E-state index is -0.0546. The predicted octanol–water partition coefficient (Wildman–Crippen LogP) is 4.18. The Morgan fingerprint density at radius 2 is 1.96 bits per heavy atom. The minimum Gasteiger partial charge on any atom is -0.340 e. The highest BCUT2D eigenvalue weighted by molar-refractivity contribution is 5.92. The molecule has 27 heavy (non-hydrogen) atoms. The van der Waals surface area contributed by atoms with E-state index in [1.807, 2.05) is 49.4 Å². The van der Waals surface area contributed by atoms with Gasteiger partial charge in [-0.25, -0.2) is 4.98 Å². The maximum atomic E-state index is 11.6. The number of hydrogen-bond donors (Lipinski definition) is 2. The topological polar surface area (TPSA) is 82.0 Å². The highest BCUT2D eigenvalue weighted by atomic mass is 16.2. The highest BCUT2D eigenvalue weighted by Crippen LogP contribution is 2.28. The summed E-state index contributed by atoms with van der Waals surface area (Å²) in [5, 5.41) is 10.9. The van der Waals surface area contributed by atoms with Crippen LogP contribution in [0.5, 0.6) is 0 Å². The van der Waals surface area contributed by atoms with Crippen molar-refractivity contribution < 1.29 is 4.79 Å². The van der Waals surface area contributed by atoms with Crippen molar-refractivity contribution in [3.8, 4) is 11.1 Å². The smallest absolute Gasteiger partial charge is 0.223 e. The van der Waals surface area contributed by atoms with Crippen LogP contribution in [0.4, 0.5) is 17.2 Å². The third-order valence-corrected chi connectivity index (χ3v) is 4.28.